The summed E-state index contributed by atoms with van der Waals surface area (Å²) in [5.74, 6) is 0.629. The molecule has 8 heteroatoms. The van der Waals surface area contributed by atoms with Crippen LogP contribution in [0.15, 0.2) is 18.2 Å². The van der Waals surface area contributed by atoms with E-state index in [1.165, 1.54) is 11.6 Å². The molecule has 1 unspecified atom stereocenters. The Morgan fingerprint density at radius 3 is 2.85 bits per heavy atom. The number of rotatable bonds is 3. The quantitative estimate of drug-likeness (QED) is 0.883. The van der Waals surface area contributed by atoms with Gasteiger partial charge in [-0.25, -0.2) is 9.48 Å². The number of hydrogen-bond donors (Lipinski definition) is 1. The highest BCUT2D eigenvalue weighted by Crippen LogP contribution is 2.34. The number of fused-ring (bicyclic) bond motifs is 1. The Hall–Kier alpha value is -2.64. The molecule has 2 aromatic rings. The maximum atomic E-state index is 11.1. The predicted octanol–water partition coefficient (Wildman–Crippen LogP) is 0.757. The Labute approximate surface area is 113 Å². The van der Waals surface area contributed by atoms with Crippen molar-refractivity contribution in [3.63, 3.8) is 0 Å². The zero-order valence-corrected chi connectivity index (χ0v) is 10.7. The van der Waals surface area contributed by atoms with Crippen molar-refractivity contribution in [1.29, 1.82) is 0 Å². The second-order valence-electron chi connectivity index (χ2n) is 4.32. The topological polar surface area (TPSA) is 99.4 Å². The van der Waals surface area contributed by atoms with Gasteiger partial charge in [0.2, 0.25) is 0 Å². The van der Waals surface area contributed by atoms with Crippen molar-refractivity contribution < 1.29 is 19.4 Å². The van der Waals surface area contributed by atoms with Crippen LogP contribution in [0, 0.1) is 0 Å². The third-order valence-corrected chi connectivity index (χ3v) is 3.02. The largest absolute Gasteiger partial charge is 0.486 e. The molecule has 2 heterocycles. The minimum Gasteiger partial charge on any atom is -0.486 e. The molecule has 1 aliphatic rings. The number of nitrogens with zero attached hydrogens (tertiary/aromatic N) is 4. The lowest BCUT2D eigenvalue weighted by atomic mass is 10.1. The van der Waals surface area contributed by atoms with Gasteiger partial charge in [-0.05, 0) is 35.5 Å². The highest BCUT2D eigenvalue weighted by Gasteiger charge is 2.21. The van der Waals surface area contributed by atoms with Gasteiger partial charge in [0.1, 0.15) is 13.2 Å². The summed E-state index contributed by atoms with van der Waals surface area (Å²) in [5, 5.41) is 20.2. The van der Waals surface area contributed by atoms with Crippen molar-refractivity contribution in [2.75, 3.05) is 13.2 Å². The molecule has 104 valence electrons. The van der Waals surface area contributed by atoms with Gasteiger partial charge in [0.25, 0.3) is 0 Å². The average Bonchev–Trinajstić information content (AvgIpc) is 2.95. The summed E-state index contributed by atoms with van der Waals surface area (Å²) in [7, 11) is 0. The average molecular weight is 276 g/mol. The zero-order chi connectivity index (χ0) is 14.1. The van der Waals surface area contributed by atoms with Gasteiger partial charge in [-0.15, -0.1) is 5.10 Å². The molecule has 0 spiro atoms. The molecule has 1 aromatic heterocycles. The van der Waals surface area contributed by atoms with Gasteiger partial charge >= 0.3 is 5.97 Å². The van der Waals surface area contributed by atoms with Crippen LogP contribution >= 0.6 is 0 Å². The van der Waals surface area contributed by atoms with Crippen LogP contribution in [0.3, 0.4) is 0 Å². The fourth-order valence-electron chi connectivity index (χ4n) is 1.93. The van der Waals surface area contributed by atoms with Crippen molar-refractivity contribution in [1.82, 2.24) is 20.2 Å². The number of aliphatic carboxylic acids is 1. The van der Waals surface area contributed by atoms with Crippen LogP contribution in [0.1, 0.15) is 13.0 Å². The third kappa shape index (κ3) is 2.04. The molecule has 8 nitrogen and oxygen atoms in total. The monoisotopic (exact) mass is 276 g/mol. The summed E-state index contributed by atoms with van der Waals surface area (Å²) in [5.41, 5.74) is 0.673. The van der Waals surface area contributed by atoms with Gasteiger partial charge in [-0.2, -0.15) is 0 Å². The van der Waals surface area contributed by atoms with E-state index in [0.717, 1.165) is 0 Å². The smallest absolute Gasteiger partial charge is 0.328 e. The highest BCUT2D eigenvalue weighted by molar-refractivity contribution is 5.72. The van der Waals surface area contributed by atoms with E-state index in [0.29, 0.717) is 36.1 Å². The van der Waals surface area contributed by atoms with E-state index in [-0.39, 0.29) is 0 Å². The molecule has 0 bridgehead atoms. The molecule has 0 saturated carbocycles. The van der Waals surface area contributed by atoms with Crippen molar-refractivity contribution in [2.24, 2.45) is 0 Å². The number of hydrogen-bond acceptors (Lipinski definition) is 6. The molecule has 1 atom stereocenters. The van der Waals surface area contributed by atoms with Crippen molar-refractivity contribution in [2.45, 2.75) is 13.0 Å². The molecule has 20 heavy (non-hydrogen) atoms. The maximum Gasteiger partial charge on any atom is 0.328 e. The predicted molar refractivity (Wildman–Crippen MR) is 66.6 cm³/mol. The number of carboxylic acids is 1. The van der Waals surface area contributed by atoms with Gasteiger partial charge < -0.3 is 14.6 Å². The van der Waals surface area contributed by atoms with Crippen LogP contribution in [-0.2, 0) is 4.79 Å². The van der Waals surface area contributed by atoms with E-state index in [9.17, 15) is 4.79 Å². The standard InChI is InChI=1S/C12H12N4O4/c1-7(12(17)18)16-11(13-14-15-16)8-2-3-9-10(6-8)20-5-4-19-9/h2-3,6-7H,4-5H2,1H3,(H,17,18). The van der Waals surface area contributed by atoms with E-state index in [2.05, 4.69) is 15.5 Å². The first-order valence-corrected chi connectivity index (χ1v) is 6.07. The Kier molecular flexibility index (Phi) is 2.97. The van der Waals surface area contributed by atoms with E-state index in [1.54, 1.807) is 18.2 Å². The molecule has 0 amide bonds. The highest BCUT2D eigenvalue weighted by atomic mass is 16.6. The fourth-order valence-corrected chi connectivity index (χ4v) is 1.93. The summed E-state index contributed by atoms with van der Waals surface area (Å²) in [6, 6.07) is 4.41. The van der Waals surface area contributed by atoms with Gasteiger partial charge in [0.15, 0.2) is 23.4 Å². The lowest BCUT2D eigenvalue weighted by Crippen LogP contribution is -2.18. The van der Waals surface area contributed by atoms with E-state index >= 15 is 0 Å². The second-order valence-corrected chi connectivity index (χ2v) is 4.32. The van der Waals surface area contributed by atoms with E-state index in [4.69, 9.17) is 14.6 Å². The lowest BCUT2D eigenvalue weighted by Gasteiger charge is -2.18. The number of carbonyl (C=O) groups is 1. The minimum atomic E-state index is -1.00. The normalized spacial score (nSPS) is 14.8. The molecule has 0 saturated heterocycles. The first-order valence-electron chi connectivity index (χ1n) is 6.07. The third-order valence-electron chi connectivity index (χ3n) is 3.02. The first-order chi connectivity index (χ1) is 9.66. The molecule has 1 aliphatic heterocycles. The number of ether oxygens (including phenoxy) is 2. The summed E-state index contributed by atoms with van der Waals surface area (Å²) in [6.07, 6.45) is 0. The van der Waals surface area contributed by atoms with E-state index in [1.807, 2.05) is 0 Å². The van der Waals surface area contributed by atoms with Crippen LogP contribution in [0.4, 0.5) is 0 Å². The van der Waals surface area contributed by atoms with Crippen LogP contribution < -0.4 is 9.47 Å². The second kappa shape index (κ2) is 4.80. The number of carboxylic acid groups (broad SMARTS) is 1. The molecule has 3 rings (SSSR count). The number of tetrazole rings is 1. The van der Waals surface area contributed by atoms with Crippen molar-refractivity contribution in [3.05, 3.63) is 18.2 Å². The zero-order valence-electron chi connectivity index (χ0n) is 10.7. The molecular formula is C12H12N4O4. The molecule has 0 radical (unpaired) electrons. The van der Waals surface area contributed by atoms with E-state index < -0.39 is 12.0 Å². The number of benzene rings is 1. The van der Waals surface area contributed by atoms with Crippen molar-refractivity contribution >= 4 is 5.97 Å². The number of aromatic nitrogens is 4. The Bertz CT molecular complexity index is 655. The van der Waals surface area contributed by atoms with Crippen molar-refractivity contribution in [3.8, 4) is 22.9 Å². The van der Waals surface area contributed by atoms with Crippen LogP contribution in [-0.4, -0.2) is 44.5 Å². The van der Waals surface area contributed by atoms with Crippen LogP contribution in [0.5, 0.6) is 11.5 Å². The Morgan fingerprint density at radius 1 is 1.35 bits per heavy atom. The maximum absolute atomic E-state index is 11.1. The Balaban J connectivity index is 2.01. The summed E-state index contributed by atoms with van der Waals surface area (Å²) in [6.45, 7) is 2.51. The summed E-state index contributed by atoms with van der Waals surface area (Å²) < 4.78 is 12.2. The first kappa shape index (κ1) is 12.4. The molecule has 0 aliphatic carbocycles. The molecule has 1 aromatic carbocycles. The van der Waals surface area contributed by atoms with Gasteiger partial charge in [0, 0.05) is 5.56 Å². The molecular weight excluding hydrogens is 264 g/mol. The summed E-state index contributed by atoms with van der Waals surface area (Å²) >= 11 is 0. The summed E-state index contributed by atoms with van der Waals surface area (Å²) in [4.78, 5) is 11.1. The van der Waals surface area contributed by atoms with Gasteiger partial charge in [-0.3, -0.25) is 0 Å². The lowest BCUT2D eigenvalue weighted by molar-refractivity contribution is -0.140. The van der Waals surface area contributed by atoms with Crippen LogP contribution in [0.25, 0.3) is 11.4 Å². The Morgan fingerprint density at radius 2 is 2.10 bits per heavy atom. The molecule has 1 N–H and O–H groups in total. The minimum absolute atomic E-state index is 0.372. The molecule has 0 fully saturated rings. The van der Waals surface area contributed by atoms with Gasteiger partial charge in [-0.1, -0.05) is 0 Å². The SMILES string of the molecule is CC(C(=O)O)n1nnnc1-c1ccc2c(c1)OCCO2. The van der Waals surface area contributed by atoms with Gasteiger partial charge in [0.05, 0.1) is 0 Å². The fraction of sp³-hybridized carbons (Fsp3) is 0.333. The van der Waals surface area contributed by atoms with Crippen LogP contribution in [0.2, 0.25) is 0 Å².